The number of furan rings is 1. The summed E-state index contributed by atoms with van der Waals surface area (Å²) in [6.45, 7) is 1.04. The van der Waals surface area contributed by atoms with Gasteiger partial charge in [0.15, 0.2) is 5.82 Å². The van der Waals surface area contributed by atoms with Crippen LogP contribution in [0.1, 0.15) is 11.5 Å². The van der Waals surface area contributed by atoms with Crippen molar-refractivity contribution in [3.05, 3.63) is 64.2 Å². The molecule has 11 heteroatoms. The van der Waals surface area contributed by atoms with Gasteiger partial charge in [-0.2, -0.15) is 4.31 Å². The van der Waals surface area contributed by atoms with E-state index < -0.39 is 22.5 Å². The van der Waals surface area contributed by atoms with Gasteiger partial charge in [-0.25, -0.2) is 8.42 Å². The van der Waals surface area contributed by atoms with Crippen molar-refractivity contribution in [3.8, 4) is 0 Å². The van der Waals surface area contributed by atoms with Crippen LogP contribution in [0.3, 0.4) is 0 Å². The first-order valence-electron chi connectivity index (χ1n) is 7.96. The molecule has 0 unspecified atom stereocenters. The second kappa shape index (κ2) is 8.36. The molecule has 0 spiro atoms. The molecule has 0 aliphatic heterocycles. The molecule has 3 aromatic rings. The molecular formula is C17H15Cl2N3O5S. The Labute approximate surface area is 171 Å². The number of halogens is 2. The normalized spacial score (nSPS) is 11.7. The van der Waals surface area contributed by atoms with Gasteiger partial charge in [0.1, 0.15) is 11.5 Å². The van der Waals surface area contributed by atoms with E-state index in [2.05, 4.69) is 10.5 Å². The summed E-state index contributed by atoms with van der Waals surface area (Å²) in [6, 6.07) is 8.67. The molecule has 2 aromatic heterocycles. The van der Waals surface area contributed by atoms with Crippen molar-refractivity contribution < 1.29 is 22.2 Å². The minimum Gasteiger partial charge on any atom is -0.468 e. The van der Waals surface area contributed by atoms with Crippen LogP contribution in [0.15, 0.2) is 56.5 Å². The second-order valence-corrected chi connectivity index (χ2v) is 8.55. The summed E-state index contributed by atoms with van der Waals surface area (Å²) in [5.41, 5.74) is 0. The van der Waals surface area contributed by atoms with Crippen molar-refractivity contribution in [1.82, 2.24) is 9.46 Å². The summed E-state index contributed by atoms with van der Waals surface area (Å²) in [5, 5.41) is 6.45. The lowest BCUT2D eigenvalue weighted by atomic mass is 10.4. The Morgan fingerprint density at radius 1 is 1.21 bits per heavy atom. The zero-order valence-electron chi connectivity index (χ0n) is 14.6. The molecule has 0 bridgehead atoms. The van der Waals surface area contributed by atoms with Crippen LogP contribution in [0.5, 0.6) is 0 Å². The van der Waals surface area contributed by atoms with Crippen molar-refractivity contribution in [2.45, 2.75) is 18.4 Å². The quantitative estimate of drug-likeness (QED) is 0.596. The number of sulfonamides is 1. The summed E-state index contributed by atoms with van der Waals surface area (Å²) in [4.78, 5) is 12.3. The average Bonchev–Trinajstić information content (AvgIpc) is 3.28. The molecule has 1 N–H and O–H groups in total. The summed E-state index contributed by atoms with van der Waals surface area (Å²) in [5.74, 6) is 0.468. The number of nitrogens with one attached hydrogen (secondary N) is 1. The van der Waals surface area contributed by atoms with E-state index in [1.54, 1.807) is 19.1 Å². The highest BCUT2D eigenvalue weighted by molar-refractivity contribution is 7.89. The highest BCUT2D eigenvalue weighted by Gasteiger charge is 2.28. The van der Waals surface area contributed by atoms with Crippen LogP contribution in [0.2, 0.25) is 10.0 Å². The number of nitrogens with zero attached hydrogens (tertiary/aromatic N) is 2. The van der Waals surface area contributed by atoms with Crippen molar-refractivity contribution in [1.29, 1.82) is 0 Å². The van der Waals surface area contributed by atoms with Crippen LogP contribution in [0.4, 0.5) is 5.82 Å². The Hall–Kier alpha value is -2.33. The lowest BCUT2D eigenvalue weighted by Crippen LogP contribution is -2.37. The number of carbonyl (C=O) groups excluding carboxylic acids is 1. The van der Waals surface area contributed by atoms with Gasteiger partial charge in [-0.05, 0) is 37.3 Å². The third-order valence-corrected chi connectivity index (χ3v) is 6.18. The van der Waals surface area contributed by atoms with E-state index >= 15 is 0 Å². The Morgan fingerprint density at radius 3 is 2.61 bits per heavy atom. The van der Waals surface area contributed by atoms with Gasteiger partial charge >= 0.3 is 0 Å². The monoisotopic (exact) mass is 443 g/mol. The van der Waals surface area contributed by atoms with Crippen molar-refractivity contribution in [2.24, 2.45) is 0 Å². The van der Waals surface area contributed by atoms with E-state index in [-0.39, 0.29) is 27.3 Å². The van der Waals surface area contributed by atoms with Crippen LogP contribution in [0, 0.1) is 6.92 Å². The molecule has 0 saturated carbocycles. The lowest BCUT2D eigenvalue weighted by Gasteiger charge is -2.21. The molecule has 0 aliphatic carbocycles. The highest BCUT2D eigenvalue weighted by Crippen LogP contribution is 2.27. The maximum Gasteiger partial charge on any atom is 0.244 e. The molecule has 0 atom stereocenters. The Kier molecular flexibility index (Phi) is 6.09. The fourth-order valence-electron chi connectivity index (χ4n) is 2.36. The maximum absolute atomic E-state index is 13.1. The van der Waals surface area contributed by atoms with Crippen LogP contribution in [-0.2, 0) is 21.4 Å². The molecule has 1 aromatic carbocycles. The molecule has 2 heterocycles. The van der Waals surface area contributed by atoms with Crippen LogP contribution < -0.4 is 5.32 Å². The largest absolute Gasteiger partial charge is 0.468 e. The van der Waals surface area contributed by atoms with Crippen molar-refractivity contribution >= 4 is 45.0 Å². The molecule has 3 rings (SSSR count). The minimum absolute atomic E-state index is 0.0863. The number of aryl methyl sites for hydroxylation is 1. The number of hydrogen-bond donors (Lipinski definition) is 1. The SMILES string of the molecule is Cc1cc(NC(=O)CN(Cc2ccco2)S(=O)(=O)c2ccc(Cl)c(Cl)c2)no1. The summed E-state index contributed by atoms with van der Waals surface area (Å²) >= 11 is 11.8. The molecule has 148 valence electrons. The maximum atomic E-state index is 13.1. The van der Waals surface area contributed by atoms with E-state index in [4.69, 9.17) is 32.1 Å². The van der Waals surface area contributed by atoms with Crippen LogP contribution >= 0.6 is 23.2 Å². The molecule has 1 amide bonds. The van der Waals surface area contributed by atoms with Gasteiger partial charge in [-0.3, -0.25) is 4.79 Å². The van der Waals surface area contributed by atoms with E-state index in [9.17, 15) is 13.2 Å². The standard InChI is InChI=1S/C17H15Cl2N3O5S/c1-11-7-16(21-27-11)20-17(23)10-22(9-12-3-2-6-26-12)28(24,25)13-4-5-14(18)15(19)8-13/h2-8H,9-10H2,1H3,(H,20,21,23). The van der Waals surface area contributed by atoms with Crippen LogP contribution in [-0.4, -0.2) is 30.3 Å². The van der Waals surface area contributed by atoms with Gasteiger partial charge in [0.2, 0.25) is 15.9 Å². The second-order valence-electron chi connectivity index (χ2n) is 5.80. The summed E-state index contributed by atoms with van der Waals surface area (Å²) in [7, 11) is -4.07. The lowest BCUT2D eigenvalue weighted by molar-refractivity contribution is -0.116. The van der Waals surface area contributed by atoms with Gasteiger partial charge in [0.25, 0.3) is 0 Å². The van der Waals surface area contributed by atoms with Gasteiger partial charge in [0.05, 0.1) is 34.3 Å². The molecule has 0 saturated heterocycles. The molecule has 0 fully saturated rings. The molecule has 28 heavy (non-hydrogen) atoms. The summed E-state index contributed by atoms with van der Waals surface area (Å²) < 4.78 is 37.2. The molecule has 8 nitrogen and oxygen atoms in total. The first-order valence-corrected chi connectivity index (χ1v) is 10.2. The van der Waals surface area contributed by atoms with Crippen LogP contribution in [0.25, 0.3) is 0 Å². The third kappa shape index (κ3) is 4.74. The first kappa shape index (κ1) is 20.4. The van der Waals surface area contributed by atoms with E-state index in [1.165, 1.54) is 30.5 Å². The Morgan fingerprint density at radius 2 is 2.00 bits per heavy atom. The number of rotatable bonds is 7. The predicted molar refractivity (Wildman–Crippen MR) is 103 cm³/mol. The number of amides is 1. The molecular weight excluding hydrogens is 429 g/mol. The van der Waals surface area contributed by atoms with E-state index in [0.717, 1.165) is 4.31 Å². The first-order chi connectivity index (χ1) is 13.3. The zero-order chi connectivity index (χ0) is 20.3. The van der Waals surface area contributed by atoms with Crippen molar-refractivity contribution in [2.75, 3.05) is 11.9 Å². The third-order valence-electron chi connectivity index (χ3n) is 3.66. The average molecular weight is 444 g/mol. The number of benzene rings is 1. The topological polar surface area (TPSA) is 106 Å². The Balaban J connectivity index is 1.87. The predicted octanol–water partition coefficient (Wildman–Crippen LogP) is 3.71. The van der Waals surface area contributed by atoms with Gasteiger partial charge in [0, 0.05) is 6.07 Å². The Bertz CT molecular complexity index is 1080. The smallest absolute Gasteiger partial charge is 0.244 e. The summed E-state index contributed by atoms with van der Waals surface area (Å²) in [6.07, 6.45) is 1.41. The molecule has 0 aliphatic rings. The number of carbonyl (C=O) groups is 1. The van der Waals surface area contributed by atoms with Crippen molar-refractivity contribution in [3.63, 3.8) is 0 Å². The fraction of sp³-hybridized carbons (Fsp3) is 0.176. The van der Waals surface area contributed by atoms with E-state index in [0.29, 0.717) is 11.5 Å². The van der Waals surface area contributed by atoms with Gasteiger partial charge in [-0.1, -0.05) is 28.4 Å². The van der Waals surface area contributed by atoms with E-state index in [1.807, 2.05) is 0 Å². The van der Waals surface area contributed by atoms with Gasteiger partial charge in [-0.15, -0.1) is 0 Å². The number of anilines is 1. The zero-order valence-corrected chi connectivity index (χ0v) is 16.9. The highest BCUT2D eigenvalue weighted by atomic mass is 35.5. The number of hydrogen-bond acceptors (Lipinski definition) is 6. The fourth-order valence-corrected chi connectivity index (χ4v) is 4.11. The molecule has 0 radical (unpaired) electrons. The number of aromatic nitrogens is 1. The van der Waals surface area contributed by atoms with Gasteiger partial charge < -0.3 is 14.3 Å². The minimum atomic E-state index is -4.07.